The maximum absolute atomic E-state index is 13.8. The van der Waals surface area contributed by atoms with Crippen LogP contribution in [-0.4, -0.2) is 23.0 Å². The van der Waals surface area contributed by atoms with E-state index in [1.165, 1.54) is 23.9 Å². The van der Waals surface area contributed by atoms with E-state index >= 15 is 0 Å². The number of carbonyl (C=O) groups excluding carboxylic acids is 3. The molecule has 4 aromatic rings. The number of hydrogen-bond donors (Lipinski definition) is 3. The molecule has 196 valence electrons. The van der Waals surface area contributed by atoms with Gasteiger partial charge in [-0.3, -0.25) is 14.4 Å². The molecule has 0 aliphatic rings. The number of benzene rings is 4. The van der Waals surface area contributed by atoms with Crippen molar-refractivity contribution in [3.8, 4) is 0 Å². The summed E-state index contributed by atoms with van der Waals surface area (Å²) in [4.78, 5) is 39.2. The minimum atomic E-state index is -0.496. The van der Waals surface area contributed by atoms with Crippen molar-refractivity contribution >= 4 is 46.9 Å². The Kier molecular flexibility index (Phi) is 9.26. The highest BCUT2D eigenvalue weighted by Crippen LogP contribution is 2.26. The molecule has 0 bridgehead atoms. The van der Waals surface area contributed by atoms with Crippen molar-refractivity contribution in [3.05, 3.63) is 132 Å². The van der Waals surface area contributed by atoms with E-state index in [-0.39, 0.29) is 17.3 Å². The normalized spacial score (nSPS) is 11.8. The molecule has 8 heteroatoms. The largest absolute Gasteiger partial charge is 0.323 e. The first-order chi connectivity index (χ1) is 18.9. The fourth-order valence-corrected chi connectivity index (χ4v) is 4.40. The molecule has 0 aliphatic carbocycles. The lowest BCUT2D eigenvalue weighted by atomic mass is 10.1. The maximum atomic E-state index is 13.8. The lowest BCUT2D eigenvalue weighted by molar-refractivity contribution is -0.115. The van der Waals surface area contributed by atoms with Crippen LogP contribution < -0.4 is 16.0 Å². The van der Waals surface area contributed by atoms with Gasteiger partial charge in [-0.25, -0.2) is 4.39 Å². The van der Waals surface area contributed by atoms with Crippen LogP contribution in [0.3, 0.4) is 0 Å². The molecule has 1 unspecified atom stereocenters. The molecule has 1 atom stereocenters. The van der Waals surface area contributed by atoms with E-state index in [1.54, 1.807) is 73.7 Å². The van der Waals surface area contributed by atoms with Crippen LogP contribution in [0.15, 0.2) is 120 Å². The van der Waals surface area contributed by atoms with Crippen LogP contribution in [0.2, 0.25) is 0 Å². The van der Waals surface area contributed by atoms with E-state index in [0.29, 0.717) is 11.3 Å². The van der Waals surface area contributed by atoms with Crippen LogP contribution in [0, 0.1) is 5.82 Å². The molecule has 0 saturated carbocycles. The van der Waals surface area contributed by atoms with Gasteiger partial charge in [-0.15, -0.1) is 11.8 Å². The number of nitrogens with one attached hydrogen (secondary N) is 3. The zero-order valence-electron chi connectivity index (χ0n) is 21.1. The molecular weight excluding hydrogens is 513 g/mol. The van der Waals surface area contributed by atoms with Crippen LogP contribution in [0.1, 0.15) is 22.8 Å². The first kappa shape index (κ1) is 27.3. The van der Waals surface area contributed by atoms with E-state index in [9.17, 15) is 18.8 Å². The molecule has 4 rings (SSSR count). The van der Waals surface area contributed by atoms with Crippen molar-refractivity contribution in [1.29, 1.82) is 0 Å². The highest BCUT2D eigenvalue weighted by molar-refractivity contribution is 8.00. The topological polar surface area (TPSA) is 87.3 Å². The van der Waals surface area contributed by atoms with Gasteiger partial charge in [0.15, 0.2) is 0 Å². The molecule has 0 aliphatic heterocycles. The molecular formula is C31H26FN3O3S. The Morgan fingerprint density at radius 1 is 0.769 bits per heavy atom. The predicted molar refractivity (Wildman–Crippen MR) is 154 cm³/mol. The summed E-state index contributed by atoms with van der Waals surface area (Å²) < 4.78 is 13.8. The SMILES string of the molecule is CC(Sc1ccc(NC(=O)/C(=C/c2ccccc2)NC(=O)c2ccccc2)cc1)C(=O)Nc1ccccc1F. The molecule has 4 aromatic carbocycles. The fourth-order valence-electron chi connectivity index (χ4n) is 3.53. The number of rotatable bonds is 9. The summed E-state index contributed by atoms with van der Waals surface area (Å²) in [6, 6.07) is 30.8. The number of hydrogen-bond acceptors (Lipinski definition) is 4. The Labute approximate surface area is 230 Å². The van der Waals surface area contributed by atoms with E-state index in [0.717, 1.165) is 10.5 Å². The maximum Gasteiger partial charge on any atom is 0.272 e. The van der Waals surface area contributed by atoms with Crippen molar-refractivity contribution in [3.63, 3.8) is 0 Å². The lowest BCUT2D eigenvalue weighted by Gasteiger charge is -2.14. The Morgan fingerprint density at radius 3 is 2.05 bits per heavy atom. The summed E-state index contributed by atoms with van der Waals surface area (Å²) in [5.74, 6) is -1.71. The predicted octanol–water partition coefficient (Wildman–Crippen LogP) is 6.35. The highest BCUT2D eigenvalue weighted by Gasteiger charge is 2.17. The van der Waals surface area contributed by atoms with Crippen LogP contribution in [0.4, 0.5) is 15.8 Å². The Bertz CT molecular complexity index is 1480. The molecule has 0 heterocycles. The first-order valence-corrected chi connectivity index (χ1v) is 13.0. The summed E-state index contributed by atoms with van der Waals surface area (Å²) in [5, 5.41) is 7.63. The smallest absolute Gasteiger partial charge is 0.272 e. The average molecular weight is 540 g/mol. The van der Waals surface area contributed by atoms with E-state index in [4.69, 9.17) is 0 Å². The van der Waals surface area contributed by atoms with Crippen LogP contribution >= 0.6 is 11.8 Å². The fraction of sp³-hybridized carbons (Fsp3) is 0.0645. The molecule has 6 nitrogen and oxygen atoms in total. The van der Waals surface area contributed by atoms with Gasteiger partial charge < -0.3 is 16.0 Å². The second-order valence-corrected chi connectivity index (χ2v) is 9.91. The van der Waals surface area contributed by atoms with Gasteiger partial charge in [-0.1, -0.05) is 60.7 Å². The van der Waals surface area contributed by atoms with Crippen molar-refractivity contribution < 1.29 is 18.8 Å². The molecule has 0 fully saturated rings. The van der Waals surface area contributed by atoms with Gasteiger partial charge in [0.05, 0.1) is 10.9 Å². The standard InChI is InChI=1S/C31H26FN3O3S/c1-21(29(36)34-27-15-9-8-14-26(27)32)39-25-18-16-24(17-19-25)33-31(38)28(20-22-10-4-2-5-11-22)35-30(37)23-12-6-3-7-13-23/h2-21H,1H3,(H,33,38)(H,34,36)(H,35,37)/b28-20-. The second-order valence-electron chi connectivity index (χ2n) is 8.50. The second kappa shape index (κ2) is 13.2. The molecule has 0 saturated heterocycles. The third-order valence-electron chi connectivity index (χ3n) is 5.57. The van der Waals surface area contributed by atoms with Crippen molar-refractivity contribution in [2.75, 3.05) is 10.6 Å². The van der Waals surface area contributed by atoms with Gasteiger partial charge in [0.2, 0.25) is 5.91 Å². The summed E-state index contributed by atoms with van der Waals surface area (Å²) >= 11 is 1.30. The van der Waals surface area contributed by atoms with E-state index < -0.39 is 22.9 Å². The third-order valence-corrected chi connectivity index (χ3v) is 6.68. The highest BCUT2D eigenvalue weighted by atomic mass is 32.2. The zero-order valence-corrected chi connectivity index (χ0v) is 21.9. The number of thioether (sulfide) groups is 1. The lowest BCUT2D eigenvalue weighted by Crippen LogP contribution is -2.30. The molecule has 39 heavy (non-hydrogen) atoms. The summed E-state index contributed by atoms with van der Waals surface area (Å²) in [5.41, 5.74) is 1.92. The van der Waals surface area contributed by atoms with Crippen molar-refractivity contribution in [2.24, 2.45) is 0 Å². The zero-order chi connectivity index (χ0) is 27.6. The minimum absolute atomic E-state index is 0.0898. The number of amides is 3. The number of para-hydroxylation sites is 1. The van der Waals surface area contributed by atoms with Crippen molar-refractivity contribution in [1.82, 2.24) is 5.32 Å². The molecule has 0 aromatic heterocycles. The Hall–Kier alpha value is -4.69. The minimum Gasteiger partial charge on any atom is -0.323 e. The van der Waals surface area contributed by atoms with Gasteiger partial charge >= 0.3 is 0 Å². The van der Waals surface area contributed by atoms with Gasteiger partial charge in [0, 0.05) is 16.1 Å². The number of carbonyl (C=O) groups is 3. The Morgan fingerprint density at radius 2 is 1.38 bits per heavy atom. The molecule has 0 radical (unpaired) electrons. The van der Waals surface area contributed by atoms with Crippen LogP contribution in [0.25, 0.3) is 6.08 Å². The average Bonchev–Trinajstić information content (AvgIpc) is 2.96. The van der Waals surface area contributed by atoms with Gasteiger partial charge in [-0.05, 0) is 67.1 Å². The van der Waals surface area contributed by atoms with Crippen LogP contribution in [-0.2, 0) is 9.59 Å². The first-order valence-electron chi connectivity index (χ1n) is 12.2. The van der Waals surface area contributed by atoms with Gasteiger partial charge in [-0.2, -0.15) is 0 Å². The summed E-state index contributed by atoms with van der Waals surface area (Å²) in [6.07, 6.45) is 1.61. The summed E-state index contributed by atoms with van der Waals surface area (Å²) in [7, 11) is 0. The molecule has 3 N–H and O–H groups in total. The number of halogens is 1. The summed E-state index contributed by atoms with van der Waals surface area (Å²) in [6.45, 7) is 1.73. The van der Waals surface area contributed by atoms with Gasteiger partial charge in [0.25, 0.3) is 11.8 Å². The monoisotopic (exact) mass is 539 g/mol. The van der Waals surface area contributed by atoms with Crippen molar-refractivity contribution in [2.45, 2.75) is 17.1 Å². The van der Waals surface area contributed by atoms with E-state index in [2.05, 4.69) is 16.0 Å². The molecule has 0 spiro atoms. The van der Waals surface area contributed by atoms with Gasteiger partial charge in [0.1, 0.15) is 11.5 Å². The molecule has 3 amide bonds. The van der Waals surface area contributed by atoms with E-state index in [1.807, 2.05) is 36.4 Å². The Balaban J connectivity index is 1.42. The number of anilines is 2. The third kappa shape index (κ3) is 7.90. The van der Waals surface area contributed by atoms with Crippen LogP contribution in [0.5, 0.6) is 0 Å². The quantitative estimate of drug-likeness (QED) is 0.171.